The number of rotatable bonds is 5. The largest absolute Gasteiger partial charge is 0.387 e. The fourth-order valence-corrected chi connectivity index (χ4v) is 3.80. The van der Waals surface area contributed by atoms with Crippen LogP contribution in [-0.2, 0) is 11.2 Å². The zero-order chi connectivity index (χ0) is 17.9. The highest BCUT2D eigenvalue weighted by Crippen LogP contribution is 2.39. The van der Waals surface area contributed by atoms with Crippen LogP contribution in [0.1, 0.15) is 12.0 Å². The highest BCUT2D eigenvalue weighted by molar-refractivity contribution is 6.14. The first-order valence-corrected chi connectivity index (χ1v) is 8.96. The maximum atomic E-state index is 13.0. The average molecular weight is 349 g/mol. The first-order chi connectivity index (χ1) is 12.8. The molecular weight excluding hydrogens is 326 g/mol. The summed E-state index contributed by atoms with van der Waals surface area (Å²) in [5.74, 6) is -0.143. The van der Waals surface area contributed by atoms with Gasteiger partial charge in [0.2, 0.25) is 5.91 Å². The Bertz CT molecular complexity index is 822. The summed E-state index contributed by atoms with van der Waals surface area (Å²) in [4.78, 5) is 13.0. The van der Waals surface area contributed by atoms with Gasteiger partial charge in [0, 0.05) is 30.9 Å². The SMILES string of the molecule is NC[C@H](Cc1ccccc1)NC(=O)C1CC2=CNN=C3C=CNCC1=C23. The number of hydrazone groups is 1. The van der Waals surface area contributed by atoms with Gasteiger partial charge in [-0.2, -0.15) is 5.10 Å². The molecule has 5 N–H and O–H groups in total. The molecule has 134 valence electrons. The number of nitrogens with zero attached hydrogens (tertiary/aromatic N) is 1. The van der Waals surface area contributed by atoms with E-state index in [9.17, 15) is 4.79 Å². The van der Waals surface area contributed by atoms with E-state index in [0.29, 0.717) is 19.5 Å². The van der Waals surface area contributed by atoms with Crippen LogP contribution in [0.4, 0.5) is 0 Å². The molecule has 0 saturated carbocycles. The van der Waals surface area contributed by atoms with Crippen LogP contribution in [0.5, 0.6) is 0 Å². The molecule has 0 bridgehead atoms. The molecule has 0 spiro atoms. The minimum absolute atomic E-state index is 0.0391. The van der Waals surface area contributed by atoms with Crippen molar-refractivity contribution in [3.63, 3.8) is 0 Å². The van der Waals surface area contributed by atoms with Gasteiger partial charge >= 0.3 is 0 Å². The van der Waals surface area contributed by atoms with Crippen LogP contribution in [-0.4, -0.2) is 30.8 Å². The molecule has 1 aromatic carbocycles. The van der Waals surface area contributed by atoms with Gasteiger partial charge in [0.05, 0.1) is 11.6 Å². The Balaban J connectivity index is 1.51. The van der Waals surface area contributed by atoms with Crippen molar-refractivity contribution in [3.8, 4) is 0 Å². The number of carbonyl (C=O) groups excluding carboxylic acids is 1. The number of carbonyl (C=O) groups is 1. The van der Waals surface area contributed by atoms with Crippen molar-refractivity contribution in [2.24, 2.45) is 16.8 Å². The lowest BCUT2D eigenvalue weighted by atomic mass is 9.97. The summed E-state index contributed by atoms with van der Waals surface area (Å²) in [6.07, 6.45) is 7.16. The Morgan fingerprint density at radius 1 is 1.35 bits per heavy atom. The quantitative estimate of drug-likeness (QED) is 0.637. The van der Waals surface area contributed by atoms with Crippen molar-refractivity contribution < 1.29 is 4.79 Å². The third-order valence-electron chi connectivity index (χ3n) is 5.09. The first-order valence-electron chi connectivity index (χ1n) is 8.96. The van der Waals surface area contributed by atoms with Crippen LogP contribution >= 0.6 is 0 Å². The fourth-order valence-electron chi connectivity index (χ4n) is 3.80. The molecule has 0 saturated heterocycles. The van der Waals surface area contributed by atoms with Crippen molar-refractivity contribution in [2.75, 3.05) is 13.1 Å². The number of nitrogens with two attached hydrogens (primary N) is 1. The summed E-state index contributed by atoms with van der Waals surface area (Å²) in [7, 11) is 0. The van der Waals surface area contributed by atoms with Gasteiger partial charge in [0.15, 0.2) is 0 Å². The van der Waals surface area contributed by atoms with Gasteiger partial charge in [-0.3, -0.25) is 10.2 Å². The third-order valence-corrected chi connectivity index (χ3v) is 5.09. The van der Waals surface area contributed by atoms with Crippen LogP contribution in [0.25, 0.3) is 0 Å². The van der Waals surface area contributed by atoms with E-state index < -0.39 is 0 Å². The lowest BCUT2D eigenvalue weighted by Gasteiger charge is -2.21. The smallest absolute Gasteiger partial charge is 0.227 e. The molecule has 4 rings (SSSR count). The minimum atomic E-state index is -0.182. The maximum absolute atomic E-state index is 13.0. The highest BCUT2D eigenvalue weighted by atomic mass is 16.2. The van der Waals surface area contributed by atoms with Gasteiger partial charge in [0.1, 0.15) is 0 Å². The van der Waals surface area contributed by atoms with E-state index >= 15 is 0 Å². The van der Waals surface area contributed by atoms with Gasteiger partial charge in [-0.05, 0) is 41.8 Å². The molecular formula is C20H23N5O. The topological polar surface area (TPSA) is 91.5 Å². The second-order valence-corrected chi connectivity index (χ2v) is 6.80. The summed E-state index contributed by atoms with van der Waals surface area (Å²) in [5.41, 5.74) is 14.3. The Morgan fingerprint density at radius 2 is 2.19 bits per heavy atom. The van der Waals surface area contributed by atoms with Gasteiger partial charge in [-0.15, -0.1) is 0 Å². The average Bonchev–Trinajstić information content (AvgIpc) is 2.90. The molecule has 0 radical (unpaired) electrons. The first kappa shape index (κ1) is 16.6. The minimum Gasteiger partial charge on any atom is -0.387 e. The lowest BCUT2D eigenvalue weighted by Crippen LogP contribution is -2.44. The number of nitrogens with one attached hydrogen (secondary N) is 3. The summed E-state index contributed by atoms with van der Waals surface area (Å²) in [6, 6.07) is 10.0. The van der Waals surface area contributed by atoms with E-state index in [1.807, 2.05) is 36.7 Å². The Kier molecular flexibility index (Phi) is 4.58. The fraction of sp³-hybridized carbons (Fsp3) is 0.300. The molecule has 1 aromatic rings. The molecule has 3 aliphatic rings. The van der Waals surface area contributed by atoms with E-state index in [4.69, 9.17) is 5.73 Å². The summed E-state index contributed by atoms with van der Waals surface area (Å²) >= 11 is 0. The highest BCUT2D eigenvalue weighted by Gasteiger charge is 2.37. The predicted molar refractivity (Wildman–Crippen MR) is 102 cm³/mol. The Hall–Kier alpha value is -2.86. The van der Waals surface area contributed by atoms with Crippen LogP contribution in [0.3, 0.4) is 0 Å². The second kappa shape index (κ2) is 7.17. The van der Waals surface area contributed by atoms with Gasteiger partial charge in [0.25, 0.3) is 0 Å². The Labute approximate surface area is 152 Å². The van der Waals surface area contributed by atoms with E-state index in [-0.39, 0.29) is 17.9 Å². The van der Waals surface area contributed by atoms with E-state index in [2.05, 4.69) is 33.3 Å². The molecule has 2 atom stereocenters. The van der Waals surface area contributed by atoms with Crippen LogP contribution in [0.2, 0.25) is 0 Å². The number of benzene rings is 1. The van der Waals surface area contributed by atoms with Crippen molar-refractivity contribution >= 4 is 11.6 Å². The van der Waals surface area contributed by atoms with E-state index in [1.165, 1.54) is 5.56 Å². The molecule has 26 heavy (non-hydrogen) atoms. The molecule has 6 heteroatoms. The lowest BCUT2D eigenvalue weighted by molar-refractivity contribution is -0.124. The number of hydrogen-bond acceptors (Lipinski definition) is 5. The molecule has 2 aliphatic heterocycles. The van der Waals surface area contributed by atoms with Crippen molar-refractivity contribution in [1.82, 2.24) is 16.1 Å². The molecule has 1 aliphatic carbocycles. The van der Waals surface area contributed by atoms with E-state index in [1.54, 1.807) is 0 Å². The standard InChI is InChI=1S/C20H23N5O/c21-10-15(8-13-4-2-1-3-5-13)24-20(26)16-9-14-11-23-25-18-6-7-22-12-17(16)19(14)18/h1-7,11,15-16,22-23H,8-10,12,21H2,(H,24,26)/t15-,16?/m0/s1. The Morgan fingerprint density at radius 3 is 3.00 bits per heavy atom. The molecule has 1 unspecified atom stereocenters. The molecule has 2 heterocycles. The van der Waals surface area contributed by atoms with E-state index in [0.717, 1.165) is 28.9 Å². The van der Waals surface area contributed by atoms with Gasteiger partial charge in [-0.25, -0.2) is 0 Å². The van der Waals surface area contributed by atoms with Gasteiger partial charge < -0.3 is 16.4 Å². The van der Waals surface area contributed by atoms with Crippen LogP contribution < -0.4 is 21.8 Å². The maximum Gasteiger partial charge on any atom is 0.227 e. The molecule has 0 aromatic heterocycles. The van der Waals surface area contributed by atoms with Crippen molar-refractivity contribution in [1.29, 1.82) is 0 Å². The number of hydrogen-bond donors (Lipinski definition) is 4. The number of allylic oxidation sites excluding steroid dienone is 3. The molecule has 1 amide bonds. The van der Waals surface area contributed by atoms with Crippen LogP contribution in [0, 0.1) is 5.92 Å². The van der Waals surface area contributed by atoms with Crippen molar-refractivity contribution in [2.45, 2.75) is 18.9 Å². The summed E-state index contributed by atoms with van der Waals surface area (Å²) in [5, 5.41) is 10.7. The normalized spacial score (nSPS) is 21.7. The van der Waals surface area contributed by atoms with Crippen molar-refractivity contribution in [3.05, 3.63) is 71.1 Å². The molecule has 0 fully saturated rings. The number of amides is 1. The molecule has 6 nitrogen and oxygen atoms in total. The van der Waals surface area contributed by atoms with Crippen LogP contribution in [0.15, 0.2) is 70.6 Å². The second-order valence-electron chi connectivity index (χ2n) is 6.80. The zero-order valence-corrected chi connectivity index (χ0v) is 14.5. The summed E-state index contributed by atoms with van der Waals surface area (Å²) in [6.45, 7) is 1.07. The predicted octanol–water partition coefficient (Wildman–Crippen LogP) is 0.949. The monoisotopic (exact) mass is 349 g/mol. The zero-order valence-electron chi connectivity index (χ0n) is 14.5. The third kappa shape index (κ3) is 3.15. The van der Waals surface area contributed by atoms with Gasteiger partial charge in [-0.1, -0.05) is 30.3 Å². The summed E-state index contributed by atoms with van der Waals surface area (Å²) < 4.78 is 0.